The molecule has 13 heavy (non-hydrogen) atoms. The van der Waals surface area contributed by atoms with E-state index >= 15 is 0 Å². The van der Waals surface area contributed by atoms with Crippen molar-refractivity contribution in [2.45, 2.75) is 46.1 Å². The topological polar surface area (TPSA) is 55.1 Å². The lowest BCUT2D eigenvalue weighted by Crippen LogP contribution is -2.36. The Bertz CT molecular complexity index is 148. The summed E-state index contributed by atoms with van der Waals surface area (Å²) in [5.74, 6) is -0.287. The van der Waals surface area contributed by atoms with Gasteiger partial charge in [0.1, 0.15) is 0 Å². The van der Waals surface area contributed by atoms with E-state index in [9.17, 15) is 4.79 Å². The van der Waals surface area contributed by atoms with Crippen molar-refractivity contribution in [3.05, 3.63) is 0 Å². The molecule has 3 heteroatoms. The molecule has 0 aliphatic carbocycles. The largest absolute Gasteiger partial charge is 0.369 e. The van der Waals surface area contributed by atoms with Crippen LogP contribution in [-0.2, 0) is 4.79 Å². The minimum Gasteiger partial charge on any atom is -0.369 e. The number of nitrogens with two attached hydrogens (primary N) is 1. The SMILES string of the molecule is CCCC(CC)NCC(C)C(N)=O. The third kappa shape index (κ3) is 5.64. The van der Waals surface area contributed by atoms with Gasteiger partial charge in [-0.1, -0.05) is 27.2 Å². The van der Waals surface area contributed by atoms with Crippen LogP contribution in [0.5, 0.6) is 0 Å². The summed E-state index contributed by atoms with van der Waals surface area (Å²) in [4.78, 5) is 10.7. The fourth-order valence-electron chi connectivity index (χ4n) is 1.24. The van der Waals surface area contributed by atoms with Crippen LogP contribution in [0.25, 0.3) is 0 Å². The summed E-state index contributed by atoms with van der Waals surface area (Å²) in [7, 11) is 0. The molecule has 78 valence electrons. The Labute approximate surface area is 81.1 Å². The molecule has 2 unspecified atom stereocenters. The maximum atomic E-state index is 10.7. The first-order chi connectivity index (χ1) is 6.11. The molecular weight excluding hydrogens is 164 g/mol. The first-order valence-corrected chi connectivity index (χ1v) is 5.14. The highest BCUT2D eigenvalue weighted by molar-refractivity contribution is 5.76. The molecule has 2 atom stereocenters. The van der Waals surface area contributed by atoms with Gasteiger partial charge in [-0.2, -0.15) is 0 Å². The fourth-order valence-corrected chi connectivity index (χ4v) is 1.24. The Kier molecular flexibility index (Phi) is 6.59. The second kappa shape index (κ2) is 6.89. The Morgan fingerprint density at radius 2 is 2.08 bits per heavy atom. The molecule has 3 N–H and O–H groups in total. The molecule has 0 radical (unpaired) electrons. The molecule has 3 nitrogen and oxygen atoms in total. The van der Waals surface area contributed by atoms with Crippen molar-refractivity contribution in [3.8, 4) is 0 Å². The van der Waals surface area contributed by atoms with E-state index in [0.29, 0.717) is 12.6 Å². The average molecular weight is 186 g/mol. The first kappa shape index (κ1) is 12.4. The van der Waals surface area contributed by atoms with Crippen molar-refractivity contribution in [1.82, 2.24) is 5.32 Å². The van der Waals surface area contributed by atoms with Crippen molar-refractivity contribution in [2.24, 2.45) is 11.7 Å². The van der Waals surface area contributed by atoms with Gasteiger partial charge >= 0.3 is 0 Å². The van der Waals surface area contributed by atoms with E-state index in [4.69, 9.17) is 5.73 Å². The Morgan fingerprint density at radius 1 is 1.46 bits per heavy atom. The van der Waals surface area contributed by atoms with Gasteiger partial charge in [-0.3, -0.25) is 4.79 Å². The lowest BCUT2D eigenvalue weighted by molar-refractivity contribution is -0.121. The molecule has 0 aromatic carbocycles. The molecule has 0 spiro atoms. The quantitative estimate of drug-likeness (QED) is 0.629. The predicted molar refractivity (Wildman–Crippen MR) is 55.3 cm³/mol. The molecule has 0 rings (SSSR count). The van der Waals surface area contributed by atoms with Gasteiger partial charge in [-0.15, -0.1) is 0 Å². The molecule has 0 bridgehead atoms. The van der Waals surface area contributed by atoms with Crippen molar-refractivity contribution >= 4 is 5.91 Å². The van der Waals surface area contributed by atoms with Crippen LogP contribution >= 0.6 is 0 Å². The third-order valence-electron chi connectivity index (χ3n) is 2.33. The minimum absolute atomic E-state index is 0.0640. The smallest absolute Gasteiger partial charge is 0.221 e. The zero-order chi connectivity index (χ0) is 10.3. The summed E-state index contributed by atoms with van der Waals surface area (Å²) in [6.07, 6.45) is 3.46. The minimum atomic E-state index is -0.223. The highest BCUT2D eigenvalue weighted by atomic mass is 16.1. The van der Waals surface area contributed by atoms with Crippen molar-refractivity contribution in [2.75, 3.05) is 6.54 Å². The zero-order valence-electron chi connectivity index (χ0n) is 8.97. The van der Waals surface area contributed by atoms with Crippen molar-refractivity contribution < 1.29 is 4.79 Å². The number of amides is 1. The number of hydrogen-bond acceptors (Lipinski definition) is 2. The Balaban J connectivity index is 3.64. The Morgan fingerprint density at radius 3 is 2.46 bits per heavy atom. The third-order valence-corrected chi connectivity index (χ3v) is 2.33. The van der Waals surface area contributed by atoms with Gasteiger partial charge in [0.2, 0.25) is 5.91 Å². The molecule has 0 heterocycles. The van der Waals surface area contributed by atoms with Gasteiger partial charge in [0.25, 0.3) is 0 Å². The zero-order valence-corrected chi connectivity index (χ0v) is 8.97. The van der Waals surface area contributed by atoms with Crippen molar-refractivity contribution in [3.63, 3.8) is 0 Å². The van der Waals surface area contributed by atoms with Gasteiger partial charge < -0.3 is 11.1 Å². The van der Waals surface area contributed by atoms with E-state index < -0.39 is 0 Å². The number of carbonyl (C=O) groups excluding carboxylic acids is 1. The van der Waals surface area contributed by atoms with Crippen LogP contribution in [0.2, 0.25) is 0 Å². The number of rotatable bonds is 7. The molecule has 0 saturated heterocycles. The van der Waals surface area contributed by atoms with Gasteiger partial charge in [0.05, 0.1) is 0 Å². The summed E-state index contributed by atoms with van der Waals surface area (Å²) < 4.78 is 0. The molecule has 0 aromatic rings. The number of carbonyl (C=O) groups is 1. The van der Waals surface area contributed by atoms with Crippen molar-refractivity contribution in [1.29, 1.82) is 0 Å². The summed E-state index contributed by atoms with van der Waals surface area (Å²) in [6.45, 7) is 6.88. The summed E-state index contributed by atoms with van der Waals surface area (Å²) >= 11 is 0. The van der Waals surface area contributed by atoms with Crippen LogP contribution in [-0.4, -0.2) is 18.5 Å². The first-order valence-electron chi connectivity index (χ1n) is 5.14. The second-order valence-corrected chi connectivity index (χ2v) is 3.61. The number of hydrogen-bond donors (Lipinski definition) is 2. The monoisotopic (exact) mass is 186 g/mol. The van der Waals surface area contributed by atoms with Gasteiger partial charge in [0.15, 0.2) is 0 Å². The lowest BCUT2D eigenvalue weighted by atomic mass is 10.1. The van der Waals surface area contributed by atoms with Crippen LogP contribution in [0.15, 0.2) is 0 Å². The summed E-state index contributed by atoms with van der Waals surface area (Å²) in [5, 5.41) is 3.35. The highest BCUT2D eigenvalue weighted by Crippen LogP contribution is 2.01. The maximum Gasteiger partial charge on any atom is 0.221 e. The highest BCUT2D eigenvalue weighted by Gasteiger charge is 2.10. The van der Waals surface area contributed by atoms with Gasteiger partial charge in [-0.25, -0.2) is 0 Å². The summed E-state index contributed by atoms with van der Waals surface area (Å²) in [6, 6.07) is 0.534. The molecule has 1 amide bonds. The number of primary amides is 1. The Hall–Kier alpha value is -0.570. The van der Waals surface area contributed by atoms with E-state index in [0.717, 1.165) is 6.42 Å². The van der Waals surface area contributed by atoms with Crippen LogP contribution in [0, 0.1) is 5.92 Å². The molecule has 0 fully saturated rings. The normalized spacial score (nSPS) is 15.3. The van der Waals surface area contributed by atoms with Crippen LogP contribution in [0.1, 0.15) is 40.0 Å². The maximum absolute atomic E-state index is 10.7. The molecule has 0 aromatic heterocycles. The van der Waals surface area contributed by atoms with Crippen LogP contribution in [0.3, 0.4) is 0 Å². The van der Waals surface area contributed by atoms with E-state index in [1.54, 1.807) is 0 Å². The molecule has 0 aliphatic rings. The summed E-state index contributed by atoms with van der Waals surface area (Å²) in [5.41, 5.74) is 5.16. The average Bonchev–Trinajstić information content (AvgIpc) is 2.11. The number of nitrogens with one attached hydrogen (secondary N) is 1. The van der Waals surface area contributed by atoms with Gasteiger partial charge in [-0.05, 0) is 12.8 Å². The molecular formula is C10H22N2O. The van der Waals surface area contributed by atoms with E-state index in [-0.39, 0.29) is 11.8 Å². The van der Waals surface area contributed by atoms with E-state index in [2.05, 4.69) is 19.2 Å². The van der Waals surface area contributed by atoms with Crippen LogP contribution in [0.4, 0.5) is 0 Å². The second-order valence-electron chi connectivity index (χ2n) is 3.61. The van der Waals surface area contributed by atoms with E-state index in [1.165, 1.54) is 12.8 Å². The van der Waals surface area contributed by atoms with Crippen LogP contribution < -0.4 is 11.1 Å². The van der Waals surface area contributed by atoms with Gasteiger partial charge in [0, 0.05) is 18.5 Å². The van der Waals surface area contributed by atoms with E-state index in [1.807, 2.05) is 6.92 Å². The lowest BCUT2D eigenvalue weighted by Gasteiger charge is -2.17. The molecule has 0 aliphatic heterocycles. The fraction of sp³-hybridized carbons (Fsp3) is 0.900. The predicted octanol–water partition coefficient (Wildman–Crippen LogP) is 1.28. The molecule has 0 saturated carbocycles. The standard InChI is InChI=1S/C10H22N2O/c1-4-6-9(5-2)12-7-8(3)10(11)13/h8-9,12H,4-7H2,1-3H3,(H2,11,13).